The molecule has 1 aliphatic rings. The van der Waals surface area contributed by atoms with Crippen LogP contribution in [0.1, 0.15) is 52.9 Å². The zero-order valence-electron chi connectivity index (χ0n) is 9.64. The van der Waals surface area contributed by atoms with Gasteiger partial charge in [0.2, 0.25) is 0 Å². The maximum absolute atomic E-state index is 11.1. The molecule has 82 valence electrons. The van der Waals surface area contributed by atoms with E-state index < -0.39 is 5.60 Å². The fourth-order valence-corrected chi connectivity index (χ4v) is 1.95. The third-order valence-electron chi connectivity index (χ3n) is 3.26. The van der Waals surface area contributed by atoms with E-state index in [1.807, 2.05) is 0 Å². The van der Waals surface area contributed by atoms with Crippen LogP contribution >= 0.6 is 0 Å². The van der Waals surface area contributed by atoms with E-state index >= 15 is 0 Å². The monoisotopic (exact) mass is 198 g/mol. The predicted octanol–water partition coefficient (Wildman–Crippen LogP) is 2.95. The molecule has 0 aliphatic heterocycles. The van der Waals surface area contributed by atoms with Gasteiger partial charge in [0.1, 0.15) is 5.60 Å². The highest BCUT2D eigenvalue weighted by molar-refractivity contribution is 5.62. The van der Waals surface area contributed by atoms with Crippen LogP contribution < -0.4 is 0 Å². The van der Waals surface area contributed by atoms with Crippen molar-refractivity contribution in [3.63, 3.8) is 0 Å². The van der Waals surface area contributed by atoms with E-state index in [-0.39, 0.29) is 0 Å². The smallest absolute Gasteiger partial charge is 0.151 e. The number of hydrogen-bond donors (Lipinski definition) is 0. The van der Waals surface area contributed by atoms with E-state index in [4.69, 9.17) is 4.74 Å². The van der Waals surface area contributed by atoms with Crippen LogP contribution in [0.5, 0.6) is 0 Å². The average Bonchev–Trinajstić information content (AvgIpc) is 2.18. The van der Waals surface area contributed by atoms with Gasteiger partial charge in [-0.15, -0.1) is 0 Å². The van der Waals surface area contributed by atoms with Crippen LogP contribution in [0.3, 0.4) is 0 Å². The first-order chi connectivity index (χ1) is 6.54. The first kappa shape index (κ1) is 11.7. The number of carbonyl (C=O) groups is 1. The van der Waals surface area contributed by atoms with Crippen molar-refractivity contribution in [2.45, 2.75) is 58.5 Å². The van der Waals surface area contributed by atoms with Gasteiger partial charge in [0, 0.05) is 6.61 Å². The Hall–Kier alpha value is -0.370. The van der Waals surface area contributed by atoms with Crippen LogP contribution in [-0.2, 0) is 9.53 Å². The average molecular weight is 198 g/mol. The Morgan fingerprint density at radius 1 is 1.21 bits per heavy atom. The minimum atomic E-state index is -0.453. The molecule has 0 atom stereocenters. The molecular weight excluding hydrogens is 176 g/mol. The zero-order chi connectivity index (χ0) is 10.7. The van der Waals surface area contributed by atoms with Crippen molar-refractivity contribution in [3.8, 4) is 0 Å². The Kier molecular flexibility index (Phi) is 3.71. The summed E-state index contributed by atoms with van der Waals surface area (Å²) in [5, 5.41) is 0. The van der Waals surface area contributed by atoms with Gasteiger partial charge in [0.15, 0.2) is 6.29 Å². The Labute approximate surface area is 87.0 Å². The van der Waals surface area contributed by atoms with E-state index in [0.717, 1.165) is 38.4 Å². The molecule has 1 fully saturated rings. The van der Waals surface area contributed by atoms with Crippen molar-refractivity contribution in [1.82, 2.24) is 0 Å². The highest BCUT2D eigenvalue weighted by Crippen LogP contribution is 2.41. The van der Waals surface area contributed by atoms with Crippen LogP contribution in [0.4, 0.5) is 0 Å². The van der Waals surface area contributed by atoms with Gasteiger partial charge in [-0.3, -0.25) is 0 Å². The van der Waals surface area contributed by atoms with Gasteiger partial charge < -0.3 is 9.53 Å². The maximum atomic E-state index is 11.1. The fraction of sp³-hybridized carbons (Fsp3) is 0.917. The lowest BCUT2D eigenvalue weighted by molar-refractivity contribution is -0.139. The quantitative estimate of drug-likeness (QED) is 0.649. The van der Waals surface area contributed by atoms with E-state index in [0.29, 0.717) is 12.0 Å². The molecule has 2 nitrogen and oxygen atoms in total. The lowest BCUT2D eigenvalue weighted by Crippen LogP contribution is -2.41. The van der Waals surface area contributed by atoms with Gasteiger partial charge >= 0.3 is 0 Å². The van der Waals surface area contributed by atoms with E-state index in [1.54, 1.807) is 0 Å². The van der Waals surface area contributed by atoms with Crippen LogP contribution in [0.25, 0.3) is 0 Å². The Morgan fingerprint density at radius 2 is 1.79 bits per heavy atom. The van der Waals surface area contributed by atoms with Crippen molar-refractivity contribution >= 4 is 6.29 Å². The molecule has 0 aromatic heterocycles. The Bertz CT molecular complexity index is 186. The Balaban J connectivity index is 2.52. The van der Waals surface area contributed by atoms with E-state index in [1.165, 1.54) is 0 Å². The minimum absolute atomic E-state index is 0.391. The molecule has 2 heteroatoms. The summed E-state index contributed by atoms with van der Waals surface area (Å²) in [5.74, 6) is 0. The normalized spacial score (nSPS) is 24.5. The lowest BCUT2D eigenvalue weighted by atomic mass is 9.71. The second-order valence-corrected chi connectivity index (χ2v) is 5.20. The highest BCUT2D eigenvalue weighted by atomic mass is 16.5. The first-order valence-electron chi connectivity index (χ1n) is 5.64. The van der Waals surface area contributed by atoms with Crippen LogP contribution in [0.2, 0.25) is 0 Å². The van der Waals surface area contributed by atoms with Gasteiger partial charge in [-0.1, -0.05) is 20.8 Å². The molecule has 0 N–H and O–H groups in total. The van der Waals surface area contributed by atoms with Crippen molar-refractivity contribution in [1.29, 1.82) is 0 Å². The number of hydrogen-bond acceptors (Lipinski definition) is 2. The van der Waals surface area contributed by atoms with Crippen molar-refractivity contribution in [2.75, 3.05) is 6.61 Å². The molecule has 0 radical (unpaired) electrons. The van der Waals surface area contributed by atoms with Crippen molar-refractivity contribution < 1.29 is 9.53 Å². The first-order valence-corrected chi connectivity index (χ1v) is 5.64. The number of ether oxygens (including phenoxy) is 1. The van der Waals surface area contributed by atoms with Crippen molar-refractivity contribution in [3.05, 3.63) is 0 Å². The summed E-state index contributed by atoms with van der Waals surface area (Å²) in [7, 11) is 0. The molecule has 1 aliphatic carbocycles. The van der Waals surface area contributed by atoms with Crippen LogP contribution in [0, 0.1) is 5.41 Å². The molecule has 0 aromatic rings. The summed E-state index contributed by atoms with van der Waals surface area (Å²) in [6.45, 7) is 7.31. The lowest BCUT2D eigenvalue weighted by Gasteiger charge is -2.40. The second-order valence-electron chi connectivity index (χ2n) is 5.20. The van der Waals surface area contributed by atoms with Gasteiger partial charge in [-0.05, 0) is 37.5 Å². The molecule has 0 aromatic carbocycles. The van der Waals surface area contributed by atoms with Crippen LogP contribution in [-0.4, -0.2) is 18.5 Å². The molecule has 14 heavy (non-hydrogen) atoms. The summed E-state index contributed by atoms with van der Waals surface area (Å²) in [4.78, 5) is 11.1. The van der Waals surface area contributed by atoms with Crippen molar-refractivity contribution in [2.24, 2.45) is 5.41 Å². The predicted molar refractivity (Wildman–Crippen MR) is 57.3 cm³/mol. The minimum Gasteiger partial charge on any atom is -0.368 e. The number of aldehydes is 1. The summed E-state index contributed by atoms with van der Waals surface area (Å²) in [6.07, 6.45) is 5.98. The highest BCUT2D eigenvalue weighted by Gasteiger charge is 2.38. The third-order valence-corrected chi connectivity index (χ3v) is 3.26. The molecule has 1 rings (SSSR count). The summed E-state index contributed by atoms with van der Waals surface area (Å²) >= 11 is 0. The molecule has 0 spiro atoms. The van der Waals surface area contributed by atoms with Gasteiger partial charge in [0.25, 0.3) is 0 Å². The van der Waals surface area contributed by atoms with E-state index in [2.05, 4.69) is 20.8 Å². The molecule has 0 unspecified atom stereocenters. The molecule has 0 heterocycles. The zero-order valence-corrected chi connectivity index (χ0v) is 9.64. The van der Waals surface area contributed by atoms with Gasteiger partial charge in [-0.25, -0.2) is 0 Å². The number of rotatable bonds is 4. The summed E-state index contributed by atoms with van der Waals surface area (Å²) < 4.78 is 5.69. The fourth-order valence-electron chi connectivity index (χ4n) is 1.95. The molecule has 0 amide bonds. The summed E-state index contributed by atoms with van der Waals surface area (Å²) in [5.41, 5.74) is -0.0619. The molecule has 0 bridgehead atoms. The number of carbonyl (C=O) groups excluding carboxylic acids is 1. The second kappa shape index (κ2) is 4.43. The van der Waals surface area contributed by atoms with Gasteiger partial charge in [-0.2, -0.15) is 0 Å². The standard InChI is InChI=1S/C12H22O2/c1-4-9-14-12(10-13)7-5-11(2,3)6-8-12/h10H,4-9H2,1-3H3. The SMILES string of the molecule is CCCOC1(C=O)CCC(C)(C)CC1. The molecule has 1 saturated carbocycles. The topological polar surface area (TPSA) is 26.3 Å². The van der Waals surface area contributed by atoms with E-state index in [9.17, 15) is 4.79 Å². The largest absolute Gasteiger partial charge is 0.368 e. The van der Waals surface area contributed by atoms with Crippen LogP contribution in [0.15, 0.2) is 0 Å². The van der Waals surface area contributed by atoms with Gasteiger partial charge in [0.05, 0.1) is 0 Å². The Morgan fingerprint density at radius 3 is 2.21 bits per heavy atom. The third kappa shape index (κ3) is 2.81. The molecular formula is C12H22O2. The summed E-state index contributed by atoms with van der Waals surface area (Å²) in [6, 6.07) is 0. The molecule has 0 saturated heterocycles. The maximum Gasteiger partial charge on any atom is 0.151 e.